The Morgan fingerprint density at radius 1 is 1.11 bits per heavy atom. The Bertz CT molecular complexity index is 1450. The maximum absolute atomic E-state index is 13.1. The van der Waals surface area contributed by atoms with Crippen LogP contribution in [0.4, 0.5) is 17.3 Å². The minimum atomic E-state index is -2.28. The number of nitrogens with one attached hydrogen (secondary N) is 2. The van der Waals surface area contributed by atoms with Gasteiger partial charge >= 0.3 is 0 Å². The largest absolute Gasteiger partial charge is 0.772 e. The van der Waals surface area contributed by atoms with E-state index >= 15 is 0 Å². The van der Waals surface area contributed by atoms with Crippen molar-refractivity contribution < 1.29 is 18.3 Å². The SMILES string of the molecule is Cc1ccc(NC(=O)c2ccc(CS(=O)[O-])c(OCC(C)C)c2)cc1Nc1nccc(-c2cccnc2)n1. The third-order valence-electron chi connectivity index (χ3n) is 5.53. The van der Waals surface area contributed by atoms with Crippen LogP contribution in [0.5, 0.6) is 5.75 Å². The molecule has 196 valence electrons. The molecule has 1 amide bonds. The van der Waals surface area contributed by atoms with Gasteiger partial charge in [-0.25, -0.2) is 9.97 Å². The molecule has 0 bridgehead atoms. The van der Waals surface area contributed by atoms with Gasteiger partial charge in [-0.1, -0.05) is 37.1 Å². The number of pyridine rings is 1. The van der Waals surface area contributed by atoms with Crippen molar-refractivity contribution in [1.82, 2.24) is 15.0 Å². The zero-order valence-electron chi connectivity index (χ0n) is 21.3. The van der Waals surface area contributed by atoms with Gasteiger partial charge in [0.1, 0.15) is 5.75 Å². The zero-order valence-corrected chi connectivity index (χ0v) is 22.1. The first-order chi connectivity index (χ1) is 18.3. The van der Waals surface area contributed by atoms with Crippen LogP contribution < -0.4 is 15.4 Å². The Kier molecular flexibility index (Phi) is 8.77. The molecule has 0 aliphatic rings. The van der Waals surface area contributed by atoms with Gasteiger partial charge in [-0.05, 0) is 60.9 Å². The van der Waals surface area contributed by atoms with Gasteiger partial charge in [0, 0.05) is 52.4 Å². The third-order valence-corrected chi connectivity index (χ3v) is 6.08. The van der Waals surface area contributed by atoms with Gasteiger partial charge in [-0.15, -0.1) is 0 Å². The number of anilines is 3. The monoisotopic (exact) mass is 530 g/mol. The van der Waals surface area contributed by atoms with Crippen LogP contribution in [0.2, 0.25) is 0 Å². The lowest BCUT2D eigenvalue weighted by Crippen LogP contribution is -2.14. The molecule has 1 atom stereocenters. The molecule has 4 aromatic rings. The Balaban J connectivity index is 1.52. The number of hydrogen-bond donors (Lipinski definition) is 2. The molecule has 0 saturated carbocycles. The average Bonchev–Trinajstić information content (AvgIpc) is 2.90. The standard InChI is InChI=1S/C28H29N5O4S/c1-18(2)16-37-26-13-20(7-8-22(26)17-38(35)36)27(34)31-23-9-6-19(3)25(14-23)33-28-30-12-10-24(32-28)21-5-4-11-29-15-21/h4-15,18H,16-17H2,1-3H3,(H,31,34)(H,35,36)(H,30,32,33)/p-1. The van der Waals surface area contributed by atoms with Gasteiger partial charge in [0.05, 0.1) is 12.3 Å². The van der Waals surface area contributed by atoms with Gasteiger partial charge in [-0.2, -0.15) is 0 Å². The summed E-state index contributed by atoms with van der Waals surface area (Å²) in [4.78, 5) is 26.1. The molecule has 0 saturated heterocycles. The molecular weight excluding hydrogens is 502 g/mol. The molecule has 0 radical (unpaired) electrons. The van der Waals surface area contributed by atoms with E-state index in [1.54, 1.807) is 48.9 Å². The van der Waals surface area contributed by atoms with Crippen molar-refractivity contribution in [1.29, 1.82) is 0 Å². The highest BCUT2D eigenvalue weighted by atomic mass is 32.2. The normalized spacial score (nSPS) is 11.7. The Hall–Kier alpha value is -4.15. The highest BCUT2D eigenvalue weighted by Gasteiger charge is 2.13. The topological polar surface area (TPSA) is 129 Å². The van der Waals surface area contributed by atoms with E-state index < -0.39 is 11.1 Å². The predicted molar refractivity (Wildman–Crippen MR) is 147 cm³/mol. The molecule has 2 heterocycles. The molecule has 2 aromatic carbocycles. The second-order valence-electron chi connectivity index (χ2n) is 9.09. The molecular formula is C28H28N5O4S-. The number of amides is 1. The first-order valence-corrected chi connectivity index (χ1v) is 13.3. The summed E-state index contributed by atoms with van der Waals surface area (Å²) in [5.41, 5.74) is 4.72. The van der Waals surface area contributed by atoms with Crippen molar-refractivity contribution >= 4 is 34.3 Å². The number of carbonyl (C=O) groups excluding carboxylic acids is 1. The molecule has 2 aromatic heterocycles. The maximum atomic E-state index is 13.1. The highest BCUT2D eigenvalue weighted by molar-refractivity contribution is 7.78. The van der Waals surface area contributed by atoms with E-state index in [0.717, 1.165) is 22.5 Å². The zero-order chi connectivity index (χ0) is 27.1. The number of rotatable bonds is 10. The van der Waals surface area contributed by atoms with Crippen LogP contribution in [0.25, 0.3) is 11.3 Å². The Morgan fingerprint density at radius 3 is 2.68 bits per heavy atom. The number of benzene rings is 2. The fraction of sp³-hybridized carbons (Fsp3) is 0.214. The van der Waals surface area contributed by atoms with Crippen LogP contribution in [-0.4, -0.2) is 36.2 Å². The lowest BCUT2D eigenvalue weighted by atomic mass is 10.1. The van der Waals surface area contributed by atoms with E-state index in [0.29, 0.717) is 35.1 Å². The van der Waals surface area contributed by atoms with Crippen LogP contribution in [0.1, 0.15) is 35.3 Å². The molecule has 0 aliphatic heterocycles. The van der Waals surface area contributed by atoms with Crippen LogP contribution in [0.3, 0.4) is 0 Å². The number of ether oxygens (including phenoxy) is 1. The van der Waals surface area contributed by atoms with E-state index in [4.69, 9.17) is 4.74 Å². The van der Waals surface area contributed by atoms with Crippen molar-refractivity contribution in [2.45, 2.75) is 26.5 Å². The average molecular weight is 531 g/mol. The smallest absolute Gasteiger partial charge is 0.255 e. The van der Waals surface area contributed by atoms with Crippen LogP contribution in [-0.2, 0) is 16.8 Å². The molecule has 1 unspecified atom stereocenters. The second-order valence-corrected chi connectivity index (χ2v) is 9.99. The Labute approximate surface area is 224 Å². The quantitative estimate of drug-likeness (QED) is 0.266. The first-order valence-electron chi connectivity index (χ1n) is 12.0. The predicted octanol–water partition coefficient (Wildman–Crippen LogP) is 5.26. The number of aromatic nitrogens is 3. The second kappa shape index (κ2) is 12.4. The van der Waals surface area contributed by atoms with E-state index in [9.17, 15) is 13.6 Å². The van der Waals surface area contributed by atoms with Gasteiger partial charge in [0.15, 0.2) is 0 Å². The fourth-order valence-corrected chi connectivity index (χ4v) is 4.08. The molecule has 4 rings (SSSR count). The van der Waals surface area contributed by atoms with Crippen molar-refractivity contribution in [3.05, 3.63) is 89.9 Å². The van der Waals surface area contributed by atoms with E-state index in [-0.39, 0.29) is 17.6 Å². The number of carbonyl (C=O) groups is 1. The van der Waals surface area contributed by atoms with Gasteiger partial charge in [-0.3, -0.25) is 14.0 Å². The minimum absolute atomic E-state index is 0.188. The summed E-state index contributed by atoms with van der Waals surface area (Å²) in [7, 11) is 0. The lowest BCUT2D eigenvalue weighted by Gasteiger charge is -2.16. The molecule has 0 fully saturated rings. The summed E-state index contributed by atoms with van der Waals surface area (Å²) < 4.78 is 28.3. The van der Waals surface area contributed by atoms with Crippen molar-refractivity contribution in [2.24, 2.45) is 5.92 Å². The van der Waals surface area contributed by atoms with Crippen LogP contribution in [0.15, 0.2) is 73.2 Å². The highest BCUT2D eigenvalue weighted by Crippen LogP contribution is 2.26. The van der Waals surface area contributed by atoms with Gasteiger partial charge < -0.3 is 19.9 Å². The van der Waals surface area contributed by atoms with Crippen molar-refractivity contribution in [3.63, 3.8) is 0 Å². The van der Waals surface area contributed by atoms with E-state index in [1.807, 2.05) is 45.0 Å². The van der Waals surface area contributed by atoms with Gasteiger partial charge in [0.2, 0.25) is 5.95 Å². The number of aryl methyl sites for hydroxylation is 1. The Morgan fingerprint density at radius 2 is 1.95 bits per heavy atom. The maximum Gasteiger partial charge on any atom is 0.255 e. The molecule has 38 heavy (non-hydrogen) atoms. The summed E-state index contributed by atoms with van der Waals surface area (Å²) in [5.74, 6) is 0.500. The summed E-state index contributed by atoms with van der Waals surface area (Å²) >= 11 is -2.28. The fourth-order valence-electron chi connectivity index (χ4n) is 3.58. The van der Waals surface area contributed by atoms with Crippen molar-refractivity contribution in [3.8, 4) is 17.0 Å². The molecule has 10 heteroatoms. The summed E-state index contributed by atoms with van der Waals surface area (Å²) in [6.07, 6.45) is 5.11. The van der Waals surface area contributed by atoms with Gasteiger partial charge in [0.25, 0.3) is 5.91 Å². The number of nitrogens with zero attached hydrogens (tertiary/aromatic N) is 3. The van der Waals surface area contributed by atoms with Crippen LogP contribution in [0, 0.1) is 12.8 Å². The summed E-state index contributed by atoms with van der Waals surface area (Å²) in [6, 6.07) is 15.8. The van der Waals surface area contributed by atoms with E-state index in [1.165, 1.54) is 0 Å². The van der Waals surface area contributed by atoms with E-state index in [2.05, 4.69) is 25.6 Å². The lowest BCUT2D eigenvalue weighted by molar-refractivity contribution is 0.102. The number of hydrogen-bond acceptors (Lipinski definition) is 8. The van der Waals surface area contributed by atoms with Crippen molar-refractivity contribution in [2.75, 3.05) is 17.2 Å². The summed E-state index contributed by atoms with van der Waals surface area (Å²) in [6.45, 7) is 6.33. The summed E-state index contributed by atoms with van der Waals surface area (Å²) in [5, 5.41) is 6.12. The molecule has 9 nitrogen and oxygen atoms in total. The molecule has 0 spiro atoms. The third kappa shape index (κ3) is 7.21. The molecule has 0 aliphatic carbocycles. The molecule has 2 N–H and O–H groups in total. The minimum Gasteiger partial charge on any atom is -0.772 e. The first kappa shape index (κ1) is 26.9. The van der Waals surface area contributed by atoms with Crippen LogP contribution >= 0.6 is 0 Å².